The lowest BCUT2D eigenvalue weighted by atomic mass is 9.83. The van der Waals surface area contributed by atoms with Crippen LogP contribution < -0.4 is 0 Å². The molecule has 1 saturated carbocycles. The maximum Gasteiger partial charge on any atom is 0.150 e. The molecule has 6 nitrogen and oxygen atoms in total. The molecule has 0 aromatic rings. The van der Waals surface area contributed by atoms with Crippen molar-refractivity contribution in [3.8, 4) is 0 Å². The normalized spacial score (nSPS) is 39.6. The molecule has 2 heterocycles. The predicted molar refractivity (Wildman–Crippen MR) is 87.7 cm³/mol. The number of piperidine rings is 1. The van der Waals surface area contributed by atoms with Crippen LogP contribution in [0.2, 0.25) is 0 Å². The van der Waals surface area contributed by atoms with Gasteiger partial charge in [-0.2, -0.15) is 0 Å². The zero-order valence-corrected chi connectivity index (χ0v) is 14.4. The number of ketones is 1. The van der Waals surface area contributed by atoms with E-state index in [4.69, 9.17) is 5.21 Å². The quantitative estimate of drug-likeness (QED) is 0.798. The number of fused-ring (bicyclic) bond motifs is 1. The van der Waals surface area contributed by atoms with Crippen LogP contribution in [-0.4, -0.2) is 63.9 Å². The highest BCUT2D eigenvalue weighted by molar-refractivity contribution is 5.83. The Kier molecular flexibility index (Phi) is 5.38. The summed E-state index contributed by atoms with van der Waals surface area (Å²) in [6, 6.07) is 0.0169. The van der Waals surface area contributed by atoms with Gasteiger partial charge in [-0.05, 0) is 44.9 Å². The molecule has 2 aliphatic heterocycles. The SMILES string of the molecule is CC1CCC2N(C1)CC(C)N2CC(=O)C1CCCC(N([O-])O)C1. The van der Waals surface area contributed by atoms with E-state index in [9.17, 15) is 10.0 Å². The summed E-state index contributed by atoms with van der Waals surface area (Å²) in [6.45, 7) is 7.22. The van der Waals surface area contributed by atoms with E-state index in [0.717, 1.165) is 38.3 Å². The summed E-state index contributed by atoms with van der Waals surface area (Å²) in [5, 5.41) is 20.3. The molecule has 5 unspecified atom stereocenters. The first-order valence-electron chi connectivity index (χ1n) is 9.13. The zero-order chi connectivity index (χ0) is 16.6. The van der Waals surface area contributed by atoms with Crippen LogP contribution in [0.25, 0.3) is 0 Å². The third-order valence-corrected chi connectivity index (χ3v) is 6.09. The van der Waals surface area contributed by atoms with Gasteiger partial charge in [0.1, 0.15) is 5.78 Å². The van der Waals surface area contributed by atoms with Crippen molar-refractivity contribution in [1.29, 1.82) is 0 Å². The number of carbonyl (C=O) groups is 1. The molecule has 1 N–H and O–H groups in total. The largest absolute Gasteiger partial charge is 0.762 e. The van der Waals surface area contributed by atoms with Gasteiger partial charge in [-0.25, -0.2) is 0 Å². The number of hydrogen-bond donors (Lipinski definition) is 1. The van der Waals surface area contributed by atoms with E-state index in [0.29, 0.717) is 31.6 Å². The maximum atomic E-state index is 12.7. The van der Waals surface area contributed by atoms with Crippen molar-refractivity contribution in [2.75, 3.05) is 19.6 Å². The van der Waals surface area contributed by atoms with E-state index in [-0.39, 0.29) is 16.9 Å². The molecule has 3 rings (SSSR count). The predicted octanol–water partition coefficient (Wildman–Crippen LogP) is 2.07. The third-order valence-electron chi connectivity index (χ3n) is 6.09. The monoisotopic (exact) mass is 324 g/mol. The van der Waals surface area contributed by atoms with Crippen molar-refractivity contribution in [2.45, 2.75) is 70.6 Å². The van der Waals surface area contributed by atoms with Gasteiger partial charge in [-0.15, -0.1) is 0 Å². The van der Waals surface area contributed by atoms with E-state index in [1.54, 1.807) is 0 Å². The van der Waals surface area contributed by atoms with Gasteiger partial charge in [0, 0.05) is 31.1 Å². The van der Waals surface area contributed by atoms with Gasteiger partial charge >= 0.3 is 0 Å². The summed E-state index contributed by atoms with van der Waals surface area (Å²) in [5.74, 6) is 0.936. The molecule has 3 fully saturated rings. The lowest BCUT2D eigenvalue weighted by Crippen LogP contribution is -2.48. The van der Waals surface area contributed by atoms with E-state index < -0.39 is 6.04 Å². The number of carbonyl (C=O) groups excluding carboxylic acids is 1. The van der Waals surface area contributed by atoms with E-state index in [1.807, 2.05) is 0 Å². The highest BCUT2D eigenvalue weighted by Crippen LogP contribution is 2.33. The Bertz CT molecular complexity index is 431. The molecule has 5 atom stereocenters. The first-order valence-corrected chi connectivity index (χ1v) is 9.13. The van der Waals surface area contributed by atoms with Gasteiger partial charge in [-0.3, -0.25) is 19.8 Å². The lowest BCUT2D eigenvalue weighted by molar-refractivity contribution is -0.131. The number of hydroxylamine groups is 2. The molecule has 6 heteroatoms. The number of nitrogens with zero attached hydrogens (tertiary/aromatic N) is 3. The zero-order valence-electron chi connectivity index (χ0n) is 14.4. The second-order valence-corrected chi connectivity index (χ2v) is 7.92. The highest BCUT2D eigenvalue weighted by atomic mass is 16.8. The molecular formula is C17H30N3O3-. The van der Waals surface area contributed by atoms with Crippen LogP contribution in [0, 0.1) is 17.0 Å². The van der Waals surface area contributed by atoms with Crippen LogP contribution in [0.5, 0.6) is 0 Å². The summed E-state index contributed by atoms with van der Waals surface area (Å²) < 4.78 is 0. The fourth-order valence-corrected chi connectivity index (χ4v) is 4.77. The lowest BCUT2D eigenvalue weighted by Gasteiger charge is -2.39. The van der Waals surface area contributed by atoms with Crippen LogP contribution in [-0.2, 0) is 4.79 Å². The molecule has 0 amide bonds. The van der Waals surface area contributed by atoms with Gasteiger partial charge in [0.05, 0.1) is 12.7 Å². The van der Waals surface area contributed by atoms with Crippen molar-refractivity contribution in [3.63, 3.8) is 0 Å². The highest BCUT2D eigenvalue weighted by Gasteiger charge is 2.41. The summed E-state index contributed by atoms with van der Waals surface area (Å²) in [6.07, 6.45) is 5.71. The molecule has 0 spiro atoms. The molecule has 3 aliphatic rings. The molecule has 2 saturated heterocycles. The van der Waals surface area contributed by atoms with E-state index in [1.165, 1.54) is 6.42 Å². The van der Waals surface area contributed by atoms with E-state index in [2.05, 4.69) is 23.6 Å². The molecule has 1 aliphatic carbocycles. The first kappa shape index (κ1) is 17.3. The van der Waals surface area contributed by atoms with Gasteiger partial charge < -0.3 is 10.4 Å². The smallest absolute Gasteiger partial charge is 0.150 e. The Labute approximate surface area is 138 Å². The Balaban J connectivity index is 1.59. The van der Waals surface area contributed by atoms with Gasteiger partial charge in [-0.1, -0.05) is 13.3 Å². The minimum atomic E-state index is -0.402. The Hall–Kier alpha value is -0.530. The van der Waals surface area contributed by atoms with Gasteiger partial charge in [0.15, 0.2) is 0 Å². The van der Waals surface area contributed by atoms with Crippen LogP contribution in [0.15, 0.2) is 0 Å². The Morgan fingerprint density at radius 3 is 2.74 bits per heavy atom. The second-order valence-electron chi connectivity index (χ2n) is 7.92. The Morgan fingerprint density at radius 2 is 2.00 bits per heavy atom. The molecule has 0 bridgehead atoms. The summed E-state index contributed by atoms with van der Waals surface area (Å²) in [4.78, 5) is 17.6. The number of rotatable bonds is 4. The van der Waals surface area contributed by atoms with Gasteiger partial charge in [0.25, 0.3) is 0 Å². The average Bonchev–Trinajstić information content (AvgIpc) is 2.82. The summed E-state index contributed by atoms with van der Waals surface area (Å²) in [5.41, 5.74) is 0. The van der Waals surface area contributed by atoms with Crippen molar-refractivity contribution < 1.29 is 10.0 Å². The topological polar surface area (TPSA) is 70.1 Å². The molecule has 23 heavy (non-hydrogen) atoms. The Morgan fingerprint density at radius 1 is 1.22 bits per heavy atom. The molecule has 132 valence electrons. The van der Waals surface area contributed by atoms with Crippen molar-refractivity contribution in [2.24, 2.45) is 11.8 Å². The molecule has 0 aromatic carbocycles. The van der Waals surface area contributed by atoms with Gasteiger partial charge in [0.2, 0.25) is 0 Å². The maximum absolute atomic E-state index is 12.7. The van der Waals surface area contributed by atoms with Crippen LogP contribution in [0.4, 0.5) is 0 Å². The third kappa shape index (κ3) is 3.77. The second kappa shape index (κ2) is 7.15. The van der Waals surface area contributed by atoms with E-state index >= 15 is 0 Å². The molecule has 0 radical (unpaired) electrons. The van der Waals surface area contributed by atoms with Crippen LogP contribution in [0.1, 0.15) is 52.4 Å². The molecule has 0 aromatic heterocycles. The minimum absolute atomic E-state index is 0.0577. The average molecular weight is 324 g/mol. The number of hydrogen-bond acceptors (Lipinski definition) is 6. The fraction of sp³-hybridized carbons (Fsp3) is 0.941. The summed E-state index contributed by atoms with van der Waals surface area (Å²) >= 11 is 0. The fourth-order valence-electron chi connectivity index (χ4n) is 4.77. The molecular weight excluding hydrogens is 294 g/mol. The van der Waals surface area contributed by atoms with Crippen LogP contribution >= 0.6 is 0 Å². The van der Waals surface area contributed by atoms with Crippen molar-refractivity contribution in [3.05, 3.63) is 5.21 Å². The standard InChI is InChI=1S/C17H30N3O3/c1-12-6-7-17-18(9-12)10-13(2)19(17)11-16(21)14-4-3-5-15(8-14)20(22)23/h12-15,17,22H,3-11H2,1-2H3/q-1. The van der Waals surface area contributed by atoms with Crippen molar-refractivity contribution in [1.82, 2.24) is 15.0 Å². The van der Waals surface area contributed by atoms with Crippen molar-refractivity contribution >= 4 is 5.78 Å². The minimum Gasteiger partial charge on any atom is -0.762 e. The number of Topliss-reactive ketones (excluding diaryl/α,β-unsaturated/α-hetero) is 1. The first-order chi connectivity index (χ1) is 11.0. The summed E-state index contributed by atoms with van der Waals surface area (Å²) in [7, 11) is 0. The van der Waals surface area contributed by atoms with Crippen LogP contribution in [0.3, 0.4) is 0 Å².